The van der Waals surface area contributed by atoms with Gasteiger partial charge in [-0.25, -0.2) is 0 Å². The summed E-state index contributed by atoms with van der Waals surface area (Å²) in [6.45, 7) is 2.06. The van der Waals surface area contributed by atoms with Crippen molar-refractivity contribution in [3.8, 4) is 5.75 Å². The molecule has 5 heteroatoms. The molecule has 5 nitrogen and oxygen atoms in total. The largest absolute Gasteiger partial charge is 0.497 e. The lowest BCUT2D eigenvalue weighted by molar-refractivity contribution is -0.117. The molecule has 1 N–H and O–H groups in total. The zero-order valence-corrected chi connectivity index (χ0v) is 15.9. The zero-order valence-electron chi connectivity index (χ0n) is 15.9. The van der Waals surface area contributed by atoms with Crippen molar-refractivity contribution >= 4 is 23.2 Å². The molecular formula is C22H26N2O3. The molecular weight excluding hydrogens is 340 g/mol. The van der Waals surface area contributed by atoms with Crippen molar-refractivity contribution in [3.63, 3.8) is 0 Å². The summed E-state index contributed by atoms with van der Waals surface area (Å²) in [5.41, 5.74) is 2.84. The average molecular weight is 366 g/mol. The number of hydrogen-bond donors (Lipinski definition) is 1. The number of benzene rings is 2. The molecule has 0 radical (unpaired) electrons. The third-order valence-electron chi connectivity index (χ3n) is 4.94. The maximum Gasteiger partial charge on any atom is 0.227 e. The molecule has 27 heavy (non-hydrogen) atoms. The number of hydrogen-bond acceptors (Lipinski definition) is 3. The number of nitrogens with zero attached hydrogens (tertiary/aromatic N) is 1. The standard InChI is InChI=1S/C22H26N2O3/c1-16-6-15-22(26)24(16)19-11-9-18(10-12-19)23-21(25)5-3-4-17-7-13-20(27-2)14-8-17/h7-14,16H,3-6,15H2,1-2H3,(H,23,25). The first-order valence-electron chi connectivity index (χ1n) is 9.42. The van der Waals surface area contributed by atoms with E-state index in [0.29, 0.717) is 12.8 Å². The zero-order chi connectivity index (χ0) is 19.2. The van der Waals surface area contributed by atoms with Gasteiger partial charge in [0.15, 0.2) is 0 Å². The summed E-state index contributed by atoms with van der Waals surface area (Å²) in [5.74, 6) is 1.00. The predicted octanol–water partition coefficient (Wildman–Crippen LogP) is 4.17. The van der Waals surface area contributed by atoms with Gasteiger partial charge in [-0.1, -0.05) is 12.1 Å². The first-order valence-corrected chi connectivity index (χ1v) is 9.42. The summed E-state index contributed by atoms with van der Waals surface area (Å²) in [6.07, 6.45) is 3.61. The molecule has 142 valence electrons. The number of nitrogens with one attached hydrogen (secondary N) is 1. The second-order valence-electron chi connectivity index (χ2n) is 6.95. The highest BCUT2D eigenvalue weighted by atomic mass is 16.5. The number of carbonyl (C=O) groups is 2. The van der Waals surface area contributed by atoms with Crippen LogP contribution in [0.5, 0.6) is 5.75 Å². The number of rotatable bonds is 7. The molecule has 2 aromatic carbocycles. The molecule has 1 fully saturated rings. The van der Waals surface area contributed by atoms with Crippen molar-refractivity contribution in [2.75, 3.05) is 17.3 Å². The van der Waals surface area contributed by atoms with Gasteiger partial charge >= 0.3 is 0 Å². The molecule has 0 bridgehead atoms. The Kier molecular flexibility index (Phi) is 6.12. The van der Waals surface area contributed by atoms with Crippen molar-refractivity contribution in [1.82, 2.24) is 0 Å². The van der Waals surface area contributed by atoms with Crippen molar-refractivity contribution in [2.24, 2.45) is 0 Å². The van der Waals surface area contributed by atoms with Gasteiger partial charge in [0.2, 0.25) is 11.8 Å². The van der Waals surface area contributed by atoms with Crippen molar-refractivity contribution in [3.05, 3.63) is 54.1 Å². The van der Waals surface area contributed by atoms with Crippen LogP contribution in [-0.2, 0) is 16.0 Å². The maximum absolute atomic E-state index is 12.2. The first kappa shape index (κ1) is 19.0. The smallest absolute Gasteiger partial charge is 0.227 e. The van der Waals surface area contributed by atoms with E-state index in [1.165, 1.54) is 5.56 Å². The fourth-order valence-electron chi connectivity index (χ4n) is 3.40. The molecule has 0 spiro atoms. The highest BCUT2D eigenvalue weighted by molar-refractivity contribution is 5.96. The lowest BCUT2D eigenvalue weighted by atomic mass is 10.1. The van der Waals surface area contributed by atoms with E-state index in [1.54, 1.807) is 7.11 Å². The normalized spacial score (nSPS) is 16.4. The quantitative estimate of drug-likeness (QED) is 0.800. The van der Waals surface area contributed by atoms with Crippen molar-refractivity contribution < 1.29 is 14.3 Å². The van der Waals surface area contributed by atoms with Gasteiger partial charge in [0.25, 0.3) is 0 Å². The Labute approximate surface area is 160 Å². The Bertz CT molecular complexity index is 784. The molecule has 1 atom stereocenters. The van der Waals surface area contributed by atoms with E-state index in [-0.39, 0.29) is 17.9 Å². The minimum absolute atomic E-state index is 0.00174. The summed E-state index contributed by atoms with van der Waals surface area (Å²) in [7, 11) is 1.65. The summed E-state index contributed by atoms with van der Waals surface area (Å²) >= 11 is 0. The predicted molar refractivity (Wildman–Crippen MR) is 107 cm³/mol. The Hall–Kier alpha value is -2.82. The maximum atomic E-state index is 12.2. The average Bonchev–Trinajstić information content (AvgIpc) is 3.01. The van der Waals surface area contributed by atoms with E-state index in [2.05, 4.69) is 12.2 Å². The van der Waals surface area contributed by atoms with E-state index in [9.17, 15) is 9.59 Å². The van der Waals surface area contributed by atoms with Crippen molar-refractivity contribution in [1.29, 1.82) is 0 Å². The highest BCUT2D eigenvalue weighted by Crippen LogP contribution is 2.27. The molecule has 1 saturated heterocycles. The van der Waals surface area contributed by atoms with Crippen LogP contribution in [0.3, 0.4) is 0 Å². The van der Waals surface area contributed by atoms with Crippen LogP contribution >= 0.6 is 0 Å². The number of ether oxygens (including phenoxy) is 1. The van der Waals surface area contributed by atoms with Gasteiger partial charge in [0, 0.05) is 30.3 Å². The molecule has 1 unspecified atom stereocenters. The second kappa shape index (κ2) is 8.71. The molecule has 0 saturated carbocycles. The van der Waals surface area contributed by atoms with E-state index >= 15 is 0 Å². The molecule has 2 aromatic rings. The minimum Gasteiger partial charge on any atom is -0.497 e. The fourth-order valence-corrected chi connectivity index (χ4v) is 3.40. The number of amides is 2. The van der Waals surface area contributed by atoms with Crippen LogP contribution in [0.2, 0.25) is 0 Å². The SMILES string of the molecule is COc1ccc(CCCC(=O)Nc2ccc(N3C(=O)CCC3C)cc2)cc1. The van der Waals surface area contributed by atoms with Crippen LogP contribution in [0.25, 0.3) is 0 Å². The third kappa shape index (κ3) is 4.88. The first-order chi connectivity index (χ1) is 13.1. The Morgan fingerprint density at radius 1 is 1.15 bits per heavy atom. The van der Waals surface area contributed by atoms with Crippen LogP contribution in [0.1, 0.15) is 38.2 Å². The van der Waals surface area contributed by atoms with E-state index < -0.39 is 0 Å². The minimum atomic E-state index is 0.00174. The van der Waals surface area contributed by atoms with Crippen LogP contribution in [0, 0.1) is 0 Å². The third-order valence-corrected chi connectivity index (χ3v) is 4.94. The van der Waals surface area contributed by atoms with Gasteiger partial charge < -0.3 is 15.0 Å². The number of methoxy groups -OCH3 is 1. The van der Waals surface area contributed by atoms with Crippen LogP contribution in [0.15, 0.2) is 48.5 Å². The molecule has 0 aromatic heterocycles. The Morgan fingerprint density at radius 3 is 2.44 bits per heavy atom. The number of anilines is 2. The van der Waals surface area contributed by atoms with Crippen LogP contribution in [-0.4, -0.2) is 25.0 Å². The van der Waals surface area contributed by atoms with E-state index in [4.69, 9.17) is 4.74 Å². The molecule has 1 heterocycles. The molecule has 0 aliphatic carbocycles. The van der Waals surface area contributed by atoms with Gasteiger partial charge in [-0.3, -0.25) is 9.59 Å². The Morgan fingerprint density at radius 2 is 1.85 bits per heavy atom. The topological polar surface area (TPSA) is 58.6 Å². The Balaban J connectivity index is 1.47. The molecule has 3 rings (SSSR count). The van der Waals surface area contributed by atoms with Gasteiger partial charge in [-0.2, -0.15) is 0 Å². The van der Waals surface area contributed by atoms with E-state index in [1.807, 2.05) is 53.4 Å². The van der Waals surface area contributed by atoms with Crippen LogP contribution in [0.4, 0.5) is 11.4 Å². The highest BCUT2D eigenvalue weighted by Gasteiger charge is 2.28. The van der Waals surface area contributed by atoms with E-state index in [0.717, 1.165) is 36.4 Å². The van der Waals surface area contributed by atoms with Gasteiger partial charge in [0.05, 0.1) is 7.11 Å². The van der Waals surface area contributed by atoms with Crippen molar-refractivity contribution in [2.45, 2.75) is 45.1 Å². The lowest BCUT2D eigenvalue weighted by Gasteiger charge is -2.21. The van der Waals surface area contributed by atoms with Crippen LogP contribution < -0.4 is 15.0 Å². The second-order valence-corrected chi connectivity index (χ2v) is 6.95. The molecule has 2 amide bonds. The summed E-state index contributed by atoms with van der Waals surface area (Å²) in [5, 5.41) is 2.92. The van der Waals surface area contributed by atoms with Gasteiger partial charge in [0.1, 0.15) is 5.75 Å². The lowest BCUT2D eigenvalue weighted by Crippen LogP contribution is -2.30. The summed E-state index contributed by atoms with van der Waals surface area (Å²) in [6, 6.07) is 15.7. The van der Waals surface area contributed by atoms with Gasteiger partial charge in [-0.05, 0) is 68.1 Å². The van der Waals surface area contributed by atoms with Gasteiger partial charge in [-0.15, -0.1) is 0 Å². The number of aryl methyl sites for hydroxylation is 1. The monoisotopic (exact) mass is 366 g/mol. The summed E-state index contributed by atoms with van der Waals surface area (Å²) < 4.78 is 5.15. The number of carbonyl (C=O) groups excluding carboxylic acids is 2. The molecule has 1 aliphatic heterocycles. The summed E-state index contributed by atoms with van der Waals surface area (Å²) in [4.78, 5) is 26.0. The molecule has 1 aliphatic rings. The fraction of sp³-hybridized carbons (Fsp3) is 0.364.